The van der Waals surface area contributed by atoms with Crippen LogP contribution < -0.4 is 0 Å². The van der Waals surface area contributed by atoms with Gasteiger partial charge in [-0.15, -0.1) is 11.8 Å². The van der Waals surface area contributed by atoms with Crippen LogP contribution in [0.2, 0.25) is 0 Å². The standard InChI is InChI=1S/C8H9NS/c1-2-4-8-6-10-7-9(8)5-3-1/h1-5H,6-7H2. The zero-order chi connectivity index (χ0) is 6.81. The van der Waals surface area contributed by atoms with Crippen LogP contribution >= 0.6 is 11.8 Å². The third-order valence-corrected chi connectivity index (χ3v) is 2.59. The summed E-state index contributed by atoms with van der Waals surface area (Å²) in [6.07, 6.45) is 10.6. The van der Waals surface area contributed by atoms with Crippen molar-refractivity contribution in [3.8, 4) is 0 Å². The number of hydrogen-bond acceptors (Lipinski definition) is 2. The minimum Gasteiger partial charge on any atom is -0.341 e. The molecule has 0 N–H and O–H groups in total. The number of hydrogen-bond donors (Lipinski definition) is 0. The molecular formula is C8H9NS. The quantitative estimate of drug-likeness (QED) is 0.520. The van der Waals surface area contributed by atoms with Gasteiger partial charge in [0.05, 0.1) is 5.88 Å². The summed E-state index contributed by atoms with van der Waals surface area (Å²) in [5, 5.41) is 0. The van der Waals surface area contributed by atoms with Crippen LogP contribution in [0, 0.1) is 0 Å². The number of nitrogens with zero attached hydrogens (tertiary/aromatic N) is 1. The minimum absolute atomic E-state index is 1.12. The van der Waals surface area contributed by atoms with E-state index in [-0.39, 0.29) is 0 Å². The Balaban J connectivity index is 2.29. The lowest BCUT2D eigenvalue weighted by molar-refractivity contribution is 0.572. The molecule has 52 valence electrons. The summed E-state index contributed by atoms with van der Waals surface area (Å²) in [7, 11) is 0. The van der Waals surface area contributed by atoms with Crippen molar-refractivity contribution in [2.24, 2.45) is 0 Å². The van der Waals surface area contributed by atoms with Crippen molar-refractivity contribution in [3.63, 3.8) is 0 Å². The van der Waals surface area contributed by atoms with Crippen molar-refractivity contribution >= 4 is 11.8 Å². The van der Waals surface area contributed by atoms with E-state index in [1.54, 1.807) is 0 Å². The molecule has 0 amide bonds. The summed E-state index contributed by atoms with van der Waals surface area (Å²) in [6, 6.07) is 0. The van der Waals surface area contributed by atoms with Gasteiger partial charge in [0.2, 0.25) is 0 Å². The van der Waals surface area contributed by atoms with E-state index in [4.69, 9.17) is 0 Å². The van der Waals surface area contributed by atoms with E-state index < -0.39 is 0 Å². The highest BCUT2D eigenvalue weighted by Gasteiger charge is 2.13. The molecule has 0 aromatic heterocycles. The molecule has 1 nitrogen and oxygen atoms in total. The summed E-state index contributed by atoms with van der Waals surface area (Å²) < 4.78 is 0. The number of rotatable bonds is 0. The molecule has 0 spiro atoms. The second-order valence-electron chi connectivity index (χ2n) is 2.33. The fourth-order valence-corrected chi connectivity index (χ4v) is 2.09. The van der Waals surface area contributed by atoms with Gasteiger partial charge in [-0.1, -0.05) is 12.2 Å². The van der Waals surface area contributed by atoms with Gasteiger partial charge in [0.1, 0.15) is 0 Å². The molecule has 0 aromatic carbocycles. The predicted molar refractivity (Wildman–Crippen MR) is 45.5 cm³/mol. The summed E-state index contributed by atoms with van der Waals surface area (Å²) in [6.45, 7) is 0. The second-order valence-corrected chi connectivity index (χ2v) is 3.29. The molecular weight excluding hydrogens is 142 g/mol. The first-order chi connectivity index (χ1) is 4.97. The second kappa shape index (κ2) is 2.54. The van der Waals surface area contributed by atoms with E-state index in [9.17, 15) is 0 Å². The van der Waals surface area contributed by atoms with Gasteiger partial charge < -0.3 is 4.90 Å². The molecule has 2 heteroatoms. The SMILES string of the molecule is C1=CC=C2CSCN2C=C1. The van der Waals surface area contributed by atoms with Gasteiger partial charge >= 0.3 is 0 Å². The summed E-state index contributed by atoms with van der Waals surface area (Å²) >= 11 is 1.96. The first-order valence-electron chi connectivity index (χ1n) is 3.35. The largest absolute Gasteiger partial charge is 0.341 e. The predicted octanol–water partition coefficient (Wildman–Crippen LogP) is 1.96. The normalized spacial score (nSPS) is 22.4. The zero-order valence-corrected chi connectivity index (χ0v) is 6.47. The Labute approximate surface area is 65.1 Å². The summed E-state index contributed by atoms with van der Waals surface area (Å²) in [4.78, 5) is 2.28. The lowest BCUT2D eigenvalue weighted by atomic mass is 10.4. The lowest BCUT2D eigenvalue weighted by Gasteiger charge is -2.10. The van der Waals surface area contributed by atoms with E-state index >= 15 is 0 Å². The Morgan fingerprint density at radius 3 is 3.30 bits per heavy atom. The van der Waals surface area contributed by atoms with Crippen molar-refractivity contribution in [1.29, 1.82) is 0 Å². The average Bonchev–Trinajstić information content (AvgIpc) is 2.28. The molecule has 2 aliphatic rings. The van der Waals surface area contributed by atoms with Crippen LogP contribution in [0.1, 0.15) is 0 Å². The van der Waals surface area contributed by atoms with Crippen LogP contribution in [-0.2, 0) is 0 Å². The molecule has 0 aliphatic carbocycles. The maximum Gasteiger partial charge on any atom is 0.0683 e. The third kappa shape index (κ3) is 0.991. The molecule has 0 bridgehead atoms. The lowest BCUT2D eigenvalue weighted by Crippen LogP contribution is -2.08. The molecule has 2 heterocycles. The number of allylic oxidation sites excluding steroid dienone is 4. The van der Waals surface area contributed by atoms with Crippen LogP contribution in [0.3, 0.4) is 0 Å². The van der Waals surface area contributed by atoms with E-state index in [0.29, 0.717) is 0 Å². The number of thioether (sulfide) groups is 1. The van der Waals surface area contributed by atoms with Crippen LogP contribution in [0.5, 0.6) is 0 Å². The monoisotopic (exact) mass is 151 g/mol. The molecule has 0 saturated carbocycles. The van der Waals surface area contributed by atoms with E-state index in [0.717, 1.165) is 11.6 Å². The van der Waals surface area contributed by atoms with Crippen LogP contribution in [0.15, 0.2) is 36.2 Å². The molecule has 2 aliphatic heterocycles. The minimum atomic E-state index is 1.12. The van der Waals surface area contributed by atoms with Crippen molar-refractivity contribution in [3.05, 3.63) is 36.2 Å². The van der Waals surface area contributed by atoms with Gasteiger partial charge in [-0.25, -0.2) is 0 Å². The fraction of sp³-hybridized carbons (Fsp3) is 0.250. The van der Waals surface area contributed by atoms with Gasteiger partial charge in [0.15, 0.2) is 0 Å². The van der Waals surface area contributed by atoms with Crippen LogP contribution in [0.25, 0.3) is 0 Å². The van der Waals surface area contributed by atoms with Crippen molar-refractivity contribution in [2.75, 3.05) is 11.6 Å². The van der Waals surface area contributed by atoms with Crippen molar-refractivity contribution < 1.29 is 0 Å². The average molecular weight is 151 g/mol. The molecule has 1 saturated heterocycles. The van der Waals surface area contributed by atoms with Crippen molar-refractivity contribution in [1.82, 2.24) is 4.90 Å². The Bertz CT molecular complexity index is 215. The Morgan fingerprint density at radius 2 is 2.30 bits per heavy atom. The third-order valence-electron chi connectivity index (χ3n) is 1.63. The maximum absolute atomic E-state index is 2.28. The highest BCUT2D eigenvalue weighted by Crippen LogP contribution is 2.24. The highest BCUT2D eigenvalue weighted by atomic mass is 32.2. The molecule has 0 unspecified atom stereocenters. The number of fused-ring (bicyclic) bond motifs is 1. The molecule has 0 radical (unpaired) electrons. The van der Waals surface area contributed by atoms with Gasteiger partial charge in [0, 0.05) is 17.6 Å². The Hall–Kier alpha value is -0.630. The van der Waals surface area contributed by atoms with Gasteiger partial charge in [-0.2, -0.15) is 0 Å². The molecule has 1 fully saturated rings. The fourth-order valence-electron chi connectivity index (χ4n) is 1.08. The Kier molecular flexibility index (Phi) is 1.55. The maximum atomic E-state index is 2.28. The smallest absolute Gasteiger partial charge is 0.0683 e. The Morgan fingerprint density at radius 1 is 1.30 bits per heavy atom. The molecule has 2 rings (SSSR count). The van der Waals surface area contributed by atoms with Gasteiger partial charge in [0.25, 0.3) is 0 Å². The van der Waals surface area contributed by atoms with Gasteiger partial charge in [-0.05, 0) is 12.2 Å². The summed E-state index contributed by atoms with van der Waals surface area (Å²) in [5.41, 5.74) is 1.43. The van der Waals surface area contributed by atoms with E-state index in [1.807, 2.05) is 11.8 Å². The van der Waals surface area contributed by atoms with Crippen molar-refractivity contribution in [2.45, 2.75) is 0 Å². The van der Waals surface area contributed by atoms with Gasteiger partial charge in [-0.3, -0.25) is 0 Å². The summed E-state index contributed by atoms with van der Waals surface area (Å²) in [5.74, 6) is 2.28. The van der Waals surface area contributed by atoms with E-state index in [1.165, 1.54) is 5.70 Å². The topological polar surface area (TPSA) is 3.24 Å². The highest BCUT2D eigenvalue weighted by molar-refractivity contribution is 7.99. The van der Waals surface area contributed by atoms with E-state index in [2.05, 4.69) is 35.4 Å². The zero-order valence-electron chi connectivity index (χ0n) is 5.66. The van der Waals surface area contributed by atoms with Crippen LogP contribution in [0.4, 0.5) is 0 Å². The first-order valence-corrected chi connectivity index (χ1v) is 4.51. The molecule has 0 aromatic rings. The van der Waals surface area contributed by atoms with Crippen LogP contribution in [-0.4, -0.2) is 16.5 Å². The molecule has 0 atom stereocenters. The molecule has 10 heavy (non-hydrogen) atoms. The first kappa shape index (κ1) is 6.10.